The molecule has 0 spiro atoms. The van der Waals surface area contributed by atoms with Crippen molar-refractivity contribution in [3.05, 3.63) is 0 Å². The largest absolute Gasteiger partial charge is 0.464 e. The molecule has 1 amide bonds. The summed E-state index contributed by atoms with van der Waals surface area (Å²) in [5, 5.41) is 2.62. The standard InChI is InChI=1S/C12H23NO3/c1-5-16-12(15)11(13-10(4)14)8-6-7-9(2)3/h9,11H,5-8H2,1-4H3,(H,13,14). The first-order valence-corrected chi connectivity index (χ1v) is 5.91. The maximum atomic E-state index is 11.5. The maximum Gasteiger partial charge on any atom is 0.328 e. The third kappa shape index (κ3) is 7.26. The van der Waals surface area contributed by atoms with Gasteiger partial charge >= 0.3 is 5.97 Å². The normalized spacial score (nSPS) is 12.3. The van der Waals surface area contributed by atoms with E-state index in [0.717, 1.165) is 12.8 Å². The van der Waals surface area contributed by atoms with Crippen LogP contribution in [-0.4, -0.2) is 24.5 Å². The van der Waals surface area contributed by atoms with Crippen molar-refractivity contribution in [1.82, 2.24) is 5.32 Å². The lowest BCUT2D eigenvalue weighted by atomic mass is 10.0. The Labute approximate surface area is 97.7 Å². The molecule has 0 saturated carbocycles. The molecule has 4 heteroatoms. The fraction of sp³-hybridized carbons (Fsp3) is 0.833. The number of nitrogens with one attached hydrogen (secondary N) is 1. The van der Waals surface area contributed by atoms with E-state index in [2.05, 4.69) is 19.2 Å². The van der Waals surface area contributed by atoms with Gasteiger partial charge in [0.05, 0.1) is 6.61 Å². The van der Waals surface area contributed by atoms with E-state index < -0.39 is 6.04 Å². The second-order valence-corrected chi connectivity index (χ2v) is 4.33. The summed E-state index contributed by atoms with van der Waals surface area (Å²) in [6.07, 6.45) is 2.62. The number of carbonyl (C=O) groups is 2. The minimum atomic E-state index is -0.490. The lowest BCUT2D eigenvalue weighted by Crippen LogP contribution is -2.40. The van der Waals surface area contributed by atoms with Crippen LogP contribution in [-0.2, 0) is 14.3 Å². The third-order valence-electron chi connectivity index (χ3n) is 2.22. The lowest BCUT2D eigenvalue weighted by Gasteiger charge is -2.16. The van der Waals surface area contributed by atoms with Gasteiger partial charge in [0, 0.05) is 6.92 Å². The van der Waals surface area contributed by atoms with Crippen molar-refractivity contribution < 1.29 is 14.3 Å². The lowest BCUT2D eigenvalue weighted by molar-refractivity contribution is -0.147. The van der Waals surface area contributed by atoms with E-state index in [9.17, 15) is 9.59 Å². The summed E-state index contributed by atoms with van der Waals surface area (Å²) >= 11 is 0. The molecule has 0 rings (SSSR count). The molecular formula is C12H23NO3. The minimum absolute atomic E-state index is 0.192. The van der Waals surface area contributed by atoms with Crippen molar-refractivity contribution in [2.24, 2.45) is 5.92 Å². The Balaban J connectivity index is 4.09. The average Bonchev–Trinajstić information content (AvgIpc) is 2.15. The van der Waals surface area contributed by atoms with Gasteiger partial charge < -0.3 is 10.1 Å². The number of rotatable bonds is 7. The number of carbonyl (C=O) groups excluding carboxylic acids is 2. The molecule has 0 bridgehead atoms. The summed E-state index contributed by atoms with van der Waals surface area (Å²) in [5.74, 6) is 0.0872. The summed E-state index contributed by atoms with van der Waals surface area (Å²) in [4.78, 5) is 22.5. The van der Waals surface area contributed by atoms with Crippen LogP contribution in [0.4, 0.5) is 0 Å². The fourth-order valence-electron chi connectivity index (χ4n) is 1.47. The van der Waals surface area contributed by atoms with Gasteiger partial charge in [0.25, 0.3) is 0 Å². The molecule has 16 heavy (non-hydrogen) atoms. The van der Waals surface area contributed by atoms with Crippen LogP contribution in [0.3, 0.4) is 0 Å². The van der Waals surface area contributed by atoms with Gasteiger partial charge in [0.15, 0.2) is 0 Å². The first-order chi connectivity index (χ1) is 7.47. The van der Waals surface area contributed by atoms with Crippen molar-refractivity contribution in [3.8, 4) is 0 Å². The summed E-state index contributed by atoms with van der Waals surface area (Å²) in [6.45, 7) is 7.79. The van der Waals surface area contributed by atoms with E-state index in [4.69, 9.17) is 4.74 Å². The minimum Gasteiger partial charge on any atom is -0.464 e. The predicted molar refractivity (Wildman–Crippen MR) is 62.9 cm³/mol. The zero-order valence-corrected chi connectivity index (χ0v) is 10.7. The Kier molecular flexibility index (Phi) is 7.60. The van der Waals surface area contributed by atoms with Gasteiger partial charge in [0.2, 0.25) is 5.91 Å². The van der Waals surface area contributed by atoms with E-state index in [-0.39, 0.29) is 11.9 Å². The highest BCUT2D eigenvalue weighted by Gasteiger charge is 2.19. The Morgan fingerprint density at radius 2 is 1.88 bits per heavy atom. The van der Waals surface area contributed by atoms with Crippen LogP contribution in [0.15, 0.2) is 0 Å². The molecule has 0 saturated heterocycles. The number of esters is 1. The van der Waals surface area contributed by atoms with Crippen LogP contribution in [0.25, 0.3) is 0 Å². The van der Waals surface area contributed by atoms with Crippen LogP contribution in [0.1, 0.15) is 47.0 Å². The van der Waals surface area contributed by atoms with Crippen LogP contribution in [0.2, 0.25) is 0 Å². The average molecular weight is 229 g/mol. The van der Waals surface area contributed by atoms with E-state index in [0.29, 0.717) is 18.9 Å². The number of hydrogen-bond donors (Lipinski definition) is 1. The van der Waals surface area contributed by atoms with Gasteiger partial charge in [-0.25, -0.2) is 4.79 Å². The van der Waals surface area contributed by atoms with Crippen LogP contribution in [0, 0.1) is 5.92 Å². The van der Waals surface area contributed by atoms with E-state index >= 15 is 0 Å². The molecular weight excluding hydrogens is 206 g/mol. The fourth-order valence-corrected chi connectivity index (χ4v) is 1.47. The zero-order valence-electron chi connectivity index (χ0n) is 10.7. The molecule has 0 aliphatic carbocycles. The summed E-state index contributed by atoms with van der Waals surface area (Å²) in [7, 11) is 0. The van der Waals surface area contributed by atoms with Crippen molar-refractivity contribution in [2.45, 2.75) is 53.0 Å². The summed E-state index contributed by atoms with van der Waals surface area (Å²) < 4.78 is 4.91. The highest BCUT2D eigenvalue weighted by atomic mass is 16.5. The Bertz CT molecular complexity index is 226. The molecule has 1 N–H and O–H groups in total. The quantitative estimate of drug-likeness (QED) is 0.678. The first-order valence-electron chi connectivity index (χ1n) is 5.91. The second-order valence-electron chi connectivity index (χ2n) is 4.33. The van der Waals surface area contributed by atoms with Crippen LogP contribution in [0.5, 0.6) is 0 Å². The molecule has 0 aromatic carbocycles. The highest BCUT2D eigenvalue weighted by molar-refractivity contribution is 5.83. The smallest absolute Gasteiger partial charge is 0.328 e. The van der Waals surface area contributed by atoms with Gasteiger partial charge in [-0.15, -0.1) is 0 Å². The van der Waals surface area contributed by atoms with Gasteiger partial charge in [-0.1, -0.05) is 26.7 Å². The zero-order chi connectivity index (χ0) is 12.6. The molecule has 1 atom stereocenters. The van der Waals surface area contributed by atoms with Crippen LogP contribution >= 0.6 is 0 Å². The number of amides is 1. The van der Waals surface area contributed by atoms with Crippen molar-refractivity contribution in [3.63, 3.8) is 0 Å². The summed E-state index contributed by atoms with van der Waals surface area (Å²) in [6, 6.07) is -0.490. The first kappa shape index (κ1) is 14.9. The van der Waals surface area contributed by atoms with Crippen molar-refractivity contribution >= 4 is 11.9 Å². The summed E-state index contributed by atoms with van der Waals surface area (Å²) in [5.41, 5.74) is 0. The van der Waals surface area contributed by atoms with Crippen molar-refractivity contribution in [1.29, 1.82) is 0 Å². The molecule has 94 valence electrons. The molecule has 0 fully saturated rings. The topological polar surface area (TPSA) is 55.4 Å². The molecule has 1 unspecified atom stereocenters. The third-order valence-corrected chi connectivity index (χ3v) is 2.22. The molecule has 4 nitrogen and oxygen atoms in total. The molecule has 0 heterocycles. The van der Waals surface area contributed by atoms with Crippen molar-refractivity contribution in [2.75, 3.05) is 6.61 Å². The van der Waals surface area contributed by atoms with E-state index in [1.54, 1.807) is 6.92 Å². The monoisotopic (exact) mass is 229 g/mol. The molecule has 0 aliphatic rings. The highest BCUT2D eigenvalue weighted by Crippen LogP contribution is 2.09. The second kappa shape index (κ2) is 8.13. The molecule has 0 aromatic rings. The SMILES string of the molecule is CCOC(=O)C(CCCC(C)C)NC(C)=O. The molecule has 0 aliphatic heterocycles. The predicted octanol–water partition coefficient (Wildman–Crippen LogP) is 1.88. The van der Waals surface area contributed by atoms with Crippen LogP contribution < -0.4 is 5.32 Å². The number of ether oxygens (including phenoxy) is 1. The van der Waals surface area contributed by atoms with E-state index in [1.165, 1.54) is 6.92 Å². The molecule has 0 radical (unpaired) electrons. The maximum absolute atomic E-state index is 11.5. The van der Waals surface area contributed by atoms with Gasteiger partial charge in [-0.3, -0.25) is 4.79 Å². The Morgan fingerprint density at radius 3 is 2.31 bits per heavy atom. The Morgan fingerprint density at radius 1 is 1.25 bits per heavy atom. The molecule has 0 aromatic heterocycles. The Hall–Kier alpha value is -1.06. The van der Waals surface area contributed by atoms with Gasteiger partial charge in [-0.05, 0) is 19.3 Å². The number of hydrogen-bond acceptors (Lipinski definition) is 3. The van der Waals surface area contributed by atoms with Gasteiger partial charge in [0.1, 0.15) is 6.04 Å². The van der Waals surface area contributed by atoms with E-state index in [1.807, 2.05) is 0 Å². The van der Waals surface area contributed by atoms with Gasteiger partial charge in [-0.2, -0.15) is 0 Å².